The van der Waals surface area contributed by atoms with Crippen molar-refractivity contribution in [1.29, 1.82) is 0 Å². The van der Waals surface area contributed by atoms with Crippen LogP contribution in [0.3, 0.4) is 0 Å². The molecule has 0 spiro atoms. The van der Waals surface area contributed by atoms with Crippen LogP contribution in [0.5, 0.6) is 0 Å². The fourth-order valence-corrected chi connectivity index (χ4v) is 3.23. The number of Topliss-reactive ketones (excluding diaryl/α,β-unsaturated/α-hetero) is 1. The van der Waals surface area contributed by atoms with Crippen molar-refractivity contribution in [2.45, 2.75) is 52.9 Å². The molecule has 2 atom stereocenters. The van der Waals surface area contributed by atoms with Crippen LogP contribution in [0.2, 0.25) is 0 Å². The van der Waals surface area contributed by atoms with Gasteiger partial charge in [0.2, 0.25) is 0 Å². The van der Waals surface area contributed by atoms with Crippen molar-refractivity contribution in [3.8, 4) is 4.25 Å². The van der Waals surface area contributed by atoms with Gasteiger partial charge in [-0.05, 0) is 49.5 Å². The van der Waals surface area contributed by atoms with Crippen LogP contribution in [0.4, 0.5) is 0 Å². The van der Waals surface area contributed by atoms with Crippen LogP contribution in [0.1, 0.15) is 52.9 Å². The van der Waals surface area contributed by atoms with E-state index in [0.29, 0.717) is 11.2 Å². The van der Waals surface area contributed by atoms with Crippen molar-refractivity contribution in [3.63, 3.8) is 0 Å². The molecule has 1 fully saturated rings. The van der Waals surface area contributed by atoms with Crippen LogP contribution in [-0.2, 0) is 4.79 Å². The molecule has 0 heterocycles. The predicted octanol–water partition coefficient (Wildman–Crippen LogP) is 3.24. The number of hydrogen-bond donors (Lipinski definition) is 0. The Hall–Kier alpha value is 0.00818. The van der Waals surface area contributed by atoms with E-state index in [9.17, 15) is 4.79 Å². The molecular weight excluding hydrogens is 306 g/mol. The van der Waals surface area contributed by atoms with E-state index in [1.54, 1.807) is 0 Å². The van der Waals surface area contributed by atoms with E-state index in [0.717, 1.165) is 24.3 Å². The maximum absolute atomic E-state index is 11.6. The van der Waals surface area contributed by atoms with Crippen molar-refractivity contribution in [1.82, 2.24) is 0 Å². The van der Waals surface area contributed by atoms with E-state index in [4.69, 9.17) is 0 Å². The van der Waals surface area contributed by atoms with Crippen LogP contribution in [0, 0.1) is 15.6 Å². The Labute approximate surface area is 112 Å². The van der Waals surface area contributed by atoms with Gasteiger partial charge in [-0.3, -0.25) is 4.79 Å². The summed E-state index contributed by atoms with van der Waals surface area (Å²) in [6.07, 6.45) is 5.63. The van der Waals surface area contributed by atoms with E-state index in [1.807, 2.05) is 6.92 Å². The first-order chi connectivity index (χ1) is 7.55. The molecule has 0 bridgehead atoms. The zero-order valence-corrected chi connectivity index (χ0v) is 13.1. The Morgan fingerprint density at radius 3 is 2.62 bits per heavy atom. The third-order valence-corrected chi connectivity index (χ3v) is 4.58. The summed E-state index contributed by atoms with van der Waals surface area (Å²) in [4.78, 5) is 11.6. The molecule has 0 radical (unpaired) electrons. The molecule has 2 heteroatoms. The minimum absolute atomic E-state index is 0.343. The normalized spacial score (nSPS) is 33.8. The molecule has 16 heavy (non-hydrogen) atoms. The third-order valence-electron chi connectivity index (χ3n) is 4.58. The fourth-order valence-electron chi connectivity index (χ4n) is 3.23. The fraction of sp³-hybridized carbons (Fsp3) is 0.714. The second kappa shape index (κ2) is 5.56. The predicted molar refractivity (Wildman–Crippen MR) is 68.8 cm³/mol. The van der Waals surface area contributed by atoms with Gasteiger partial charge in [-0.2, -0.15) is 0 Å². The average molecular weight is 327 g/mol. The van der Waals surface area contributed by atoms with Gasteiger partial charge in [0.25, 0.3) is 0 Å². The molecule has 2 rings (SSSR count). The Morgan fingerprint density at radius 1 is 1.38 bits per heavy atom. The molecule has 0 saturated heterocycles. The van der Waals surface area contributed by atoms with Crippen molar-refractivity contribution in [3.05, 3.63) is 11.1 Å². The quantitative estimate of drug-likeness (QED) is 0.625. The minimum atomic E-state index is 0.343. The van der Waals surface area contributed by atoms with Gasteiger partial charge in [0.05, 0.1) is 0 Å². The Kier molecular flexibility index (Phi) is 4.89. The zero-order chi connectivity index (χ0) is 12.3. The number of fused-ring (bicyclic) bond motifs is 1. The molecule has 1 saturated carbocycles. The monoisotopic (exact) mass is 326 g/mol. The summed E-state index contributed by atoms with van der Waals surface area (Å²) in [5, 5.41) is 0. The summed E-state index contributed by atoms with van der Waals surface area (Å²) in [6, 6.07) is 0. The first kappa shape index (κ1) is 14.1. The number of carbonyl (C=O) groups excluding carboxylic acids is 1. The van der Waals surface area contributed by atoms with Gasteiger partial charge in [-0.1, -0.05) is 19.4 Å². The number of carbonyl (C=O) groups is 1. The standard InChI is InChI=1S/C13H20O.CH.Sb/c1-9-5-4-6-11-10(2)12(14)7-8-13(9,11)3;;/h9H,4-8H2,1-3H3;1H;. The Morgan fingerprint density at radius 2 is 2.00 bits per heavy atom. The SMILES string of the molecule is CC1=C2CCCC(C)C2(C)CCC1=O.[CH]#[Sb]. The molecule has 0 amide bonds. The molecule has 1 nitrogen and oxygen atoms in total. The summed E-state index contributed by atoms with van der Waals surface area (Å²) < 4.78 is 4.55. The maximum atomic E-state index is 11.6. The van der Waals surface area contributed by atoms with Crippen molar-refractivity contribution in [2.24, 2.45) is 11.3 Å². The molecule has 0 aromatic carbocycles. The van der Waals surface area contributed by atoms with Crippen LogP contribution in [-0.4, -0.2) is 28.1 Å². The van der Waals surface area contributed by atoms with Crippen molar-refractivity contribution in [2.75, 3.05) is 0 Å². The molecule has 2 aliphatic rings. The first-order valence-electron chi connectivity index (χ1n) is 6.05. The molecule has 2 unspecified atom stereocenters. The number of rotatable bonds is 0. The second-order valence-corrected chi connectivity index (χ2v) is 5.24. The second-order valence-electron chi connectivity index (χ2n) is 5.24. The van der Waals surface area contributed by atoms with Gasteiger partial charge in [-0.15, -0.1) is 0 Å². The van der Waals surface area contributed by atoms with E-state index in [2.05, 4.69) is 18.1 Å². The van der Waals surface area contributed by atoms with Crippen molar-refractivity contribution < 1.29 is 4.79 Å². The number of allylic oxidation sites excluding steroid dienone is 2. The van der Waals surface area contributed by atoms with Gasteiger partial charge in [0, 0.05) is 6.42 Å². The number of ketones is 1. The van der Waals surface area contributed by atoms with Crippen LogP contribution >= 0.6 is 0 Å². The topological polar surface area (TPSA) is 17.1 Å². The summed E-state index contributed by atoms with van der Waals surface area (Å²) >= 11 is 1.25. The summed E-state index contributed by atoms with van der Waals surface area (Å²) in [6.45, 7) is 6.75. The van der Waals surface area contributed by atoms with E-state index in [-0.39, 0.29) is 0 Å². The van der Waals surface area contributed by atoms with Gasteiger partial charge in [0.1, 0.15) is 0 Å². The summed E-state index contributed by atoms with van der Waals surface area (Å²) in [5.74, 6) is 1.15. The average Bonchev–Trinajstić information content (AvgIpc) is 2.30. The molecule has 88 valence electrons. The third kappa shape index (κ3) is 2.31. The summed E-state index contributed by atoms with van der Waals surface area (Å²) in [7, 11) is 0. The van der Waals surface area contributed by atoms with Gasteiger partial charge in [0.15, 0.2) is 5.78 Å². The molecule has 0 N–H and O–H groups in total. The van der Waals surface area contributed by atoms with Crippen LogP contribution in [0.25, 0.3) is 0 Å². The molecule has 0 aromatic rings. The number of hydrogen-bond acceptors (Lipinski definition) is 1. The molecule has 0 aliphatic heterocycles. The van der Waals surface area contributed by atoms with E-state index >= 15 is 0 Å². The molecular formula is C14H21OSb. The van der Waals surface area contributed by atoms with E-state index < -0.39 is 0 Å². The van der Waals surface area contributed by atoms with E-state index in [1.165, 1.54) is 47.2 Å². The molecule has 2 aliphatic carbocycles. The molecule has 0 aromatic heterocycles. The zero-order valence-electron chi connectivity index (χ0n) is 10.5. The van der Waals surface area contributed by atoms with Gasteiger partial charge < -0.3 is 0 Å². The van der Waals surface area contributed by atoms with Crippen LogP contribution in [0.15, 0.2) is 11.1 Å². The first-order valence-corrected chi connectivity index (χ1v) is 7.52. The van der Waals surface area contributed by atoms with Crippen molar-refractivity contribution >= 4 is 28.1 Å². The van der Waals surface area contributed by atoms with Gasteiger partial charge >= 0.3 is 26.6 Å². The van der Waals surface area contributed by atoms with Gasteiger partial charge in [-0.25, -0.2) is 0 Å². The Bertz CT molecular complexity index is 340. The van der Waals surface area contributed by atoms with Crippen LogP contribution < -0.4 is 0 Å². The Balaban J connectivity index is 0.000000606. The summed E-state index contributed by atoms with van der Waals surface area (Å²) in [5.41, 5.74) is 2.91.